The number of benzene rings is 1. The molecule has 2 aliphatic heterocycles. The van der Waals surface area contributed by atoms with Gasteiger partial charge in [-0.3, -0.25) is 9.59 Å². The first-order valence-corrected chi connectivity index (χ1v) is 13.4. The van der Waals surface area contributed by atoms with E-state index in [-0.39, 0.29) is 24.6 Å². The third-order valence-corrected chi connectivity index (χ3v) is 8.27. The van der Waals surface area contributed by atoms with Gasteiger partial charge in [0.05, 0.1) is 17.4 Å². The molecule has 170 valence electrons. The lowest BCUT2D eigenvalue weighted by molar-refractivity contribution is -0.150. The summed E-state index contributed by atoms with van der Waals surface area (Å²) in [5.41, 5.74) is 0.609. The Labute approximate surface area is 186 Å². The van der Waals surface area contributed by atoms with E-state index in [1.54, 1.807) is 47.0 Å². The second-order valence-electron chi connectivity index (χ2n) is 7.96. The summed E-state index contributed by atoms with van der Waals surface area (Å²) in [7, 11) is -3.69. The minimum absolute atomic E-state index is 0.222. The molecule has 2 aliphatic rings. The van der Waals surface area contributed by atoms with Crippen LogP contribution in [0.1, 0.15) is 24.8 Å². The van der Waals surface area contributed by atoms with Crippen molar-refractivity contribution in [3.05, 3.63) is 35.9 Å². The number of nitrogens with zero attached hydrogens (tertiary/aromatic N) is 2. The van der Waals surface area contributed by atoms with Crippen LogP contribution in [0.5, 0.6) is 0 Å². The molecule has 0 spiro atoms. The van der Waals surface area contributed by atoms with Crippen molar-refractivity contribution in [3.63, 3.8) is 0 Å². The van der Waals surface area contributed by atoms with E-state index in [2.05, 4.69) is 0 Å². The first-order chi connectivity index (χ1) is 14.8. The standard InChI is InChI=1S/C21H28N2O6S2/c24-19(22-9-11-30-12-10-22)13-17(20(25)23-8-4-7-18(23)21(26)27)15-31(28,29)14-16-5-2-1-3-6-16/h1-3,5-6,17-18H,4,7-15H2,(H,26,27)/t17-,18-/m0/s1. The number of thioether (sulfide) groups is 1. The van der Waals surface area contributed by atoms with Crippen LogP contribution in [-0.4, -0.2) is 84.0 Å². The molecular formula is C21H28N2O6S2. The smallest absolute Gasteiger partial charge is 0.326 e. The summed E-state index contributed by atoms with van der Waals surface area (Å²) in [6.07, 6.45) is 0.658. The molecule has 0 aromatic heterocycles. The van der Waals surface area contributed by atoms with Crippen molar-refractivity contribution in [1.29, 1.82) is 0 Å². The third-order valence-electron chi connectivity index (χ3n) is 5.64. The Bertz CT molecular complexity index is 900. The van der Waals surface area contributed by atoms with Crippen molar-refractivity contribution in [2.24, 2.45) is 5.92 Å². The van der Waals surface area contributed by atoms with E-state index >= 15 is 0 Å². The summed E-state index contributed by atoms with van der Waals surface area (Å²) < 4.78 is 25.8. The van der Waals surface area contributed by atoms with Gasteiger partial charge in [0, 0.05) is 37.6 Å². The van der Waals surface area contributed by atoms with E-state index in [1.807, 2.05) is 0 Å². The molecule has 1 aromatic carbocycles. The van der Waals surface area contributed by atoms with Gasteiger partial charge in [0.2, 0.25) is 11.8 Å². The largest absolute Gasteiger partial charge is 0.480 e. The first-order valence-electron chi connectivity index (χ1n) is 10.4. The second kappa shape index (κ2) is 10.5. The Morgan fingerprint density at radius 2 is 1.77 bits per heavy atom. The number of carbonyl (C=O) groups is 3. The topological polar surface area (TPSA) is 112 Å². The molecule has 8 nitrogen and oxygen atoms in total. The molecular weight excluding hydrogens is 440 g/mol. The number of rotatable bonds is 8. The molecule has 0 bridgehead atoms. The lowest BCUT2D eigenvalue weighted by atomic mass is 10.0. The van der Waals surface area contributed by atoms with Gasteiger partial charge in [-0.2, -0.15) is 11.8 Å². The van der Waals surface area contributed by atoms with Crippen LogP contribution < -0.4 is 0 Å². The number of aliphatic carboxylic acids is 1. The maximum atomic E-state index is 13.2. The molecule has 31 heavy (non-hydrogen) atoms. The van der Waals surface area contributed by atoms with Gasteiger partial charge < -0.3 is 14.9 Å². The molecule has 3 rings (SSSR count). The Morgan fingerprint density at radius 3 is 2.42 bits per heavy atom. The van der Waals surface area contributed by atoms with Gasteiger partial charge in [-0.05, 0) is 18.4 Å². The summed E-state index contributed by atoms with van der Waals surface area (Å²) in [4.78, 5) is 40.5. The predicted octanol–water partition coefficient (Wildman–Crippen LogP) is 1.26. The SMILES string of the molecule is O=C(O)[C@@H]1CCCN1C(=O)[C@@H](CC(=O)N1CCSCC1)CS(=O)(=O)Cc1ccccc1. The normalized spacial score (nSPS) is 20.5. The second-order valence-corrected chi connectivity index (χ2v) is 11.3. The summed E-state index contributed by atoms with van der Waals surface area (Å²) in [6.45, 7) is 1.41. The number of carboxylic acids is 1. The molecule has 2 fully saturated rings. The number of likely N-dealkylation sites (tertiary alicyclic amines) is 1. The number of hydrogen-bond acceptors (Lipinski definition) is 6. The van der Waals surface area contributed by atoms with Crippen molar-refractivity contribution in [1.82, 2.24) is 9.80 Å². The summed E-state index contributed by atoms with van der Waals surface area (Å²) in [6, 6.07) is 7.71. The lowest BCUT2D eigenvalue weighted by Gasteiger charge is -2.30. The number of carbonyl (C=O) groups excluding carboxylic acids is 2. The molecule has 2 saturated heterocycles. The van der Waals surface area contributed by atoms with E-state index in [0.717, 1.165) is 11.5 Å². The van der Waals surface area contributed by atoms with Gasteiger partial charge in [0.1, 0.15) is 6.04 Å². The van der Waals surface area contributed by atoms with Crippen molar-refractivity contribution in [3.8, 4) is 0 Å². The summed E-state index contributed by atoms with van der Waals surface area (Å²) >= 11 is 1.75. The molecule has 2 amide bonds. The van der Waals surface area contributed by atoms with E-state index in [9.17, 15) is 27.9 Å². The minimum atomic E-state index is -3.69. The zero-order valence-electron chi connectivity index (χ0n) is 17.3. The lowest BCUT2D eigenvalue weighted by Crippen LogP contribution is -2.47. The highest BCUT2D eigenvalue weighted by Gasteiger charge is 2.39. The van der Waals surface area contributed by atoms with Crippen LogP contribution in [-0.2, 0) is 30.0 Å². The third kappa shape index (κ3) is 6.46. The molecule has 0 unspecified atom stereocenters. The van der Waals surface area contributed by atoms with Crippen LogP contribution in [0.4, 0.5) is 0 Å². The number of hydrogen-bond donors (Lipinski definition) is 1. The molecule has 2 atom stereocenters. The van der Waals surface area contributed by atoms with Crippen LogP contribution in [0.3, 0.4) is 0 Å². The average Bonchev–Trinajstić information content (AvgIpc) is 3.24. The number of carboxylic acid groups (broad SMARTS) is 1. The molecule has 0 radical (unpaired) electrons. The molecule has 0 aliphatic carbocycles. The van der Waals surface area contributed by atoms with Crippen LogP contribution >= 0.6 is 11.8 Å². The van der Waals surface area contributed by atoms with Gasteiger partial charge >= 0.3 is 5.97 Å². The molecule has 1 N–H and O–H groups in total. The van der Waals surface area contributed by atoms with Gasteiger partial charge in [-0.25, -0.2) is 13.2 Å². The van der Waals surface area contributed by atoms with Crippen molar-refractivity contribution in [2.75, 3.05) is 36.9 Å². The average molecular weight is 469 g/mol. The molecule has 0 saturated carbocycles. The molecule has 1 aromatic rings. The van der Waals surface area contributed by atoms with Crippen molar-refractivity contribution >= 4 is 39.4 Å². The zero-order valence-corrected chi connectivity index (χ0v) is 18.9. The van der Waals surface area contributed by atoms with E-state index in [4.69, 9.17) is 0 Å². The van der Waals surface area contributed by atoms with Crippen LogP contribution in [0.25, 0.3) is 0 Å². The summed E-state index contributed by atoms with van der Waals surface area (Å²) in [5, 5.41) is 9.44. The van der Waals surface area contributed by atoms with Crippen molar-refractivity contribution < 1.29 is 27.9 Å². The molecule has 10 heteroatoms. The van der Waals surface area contributed by atoms with Gasteiger partial charge in [-0.1, -0.05) is 30.3 Å². The first kappa shape index (κ1) is 23.6. The maximum Gasteiger partial charge on any atom is 0.326 e. The Morgan fingerprint density at radius 1 is 1.10 bits per heavy atom. The minimum Gasteiger partial charge on any atom is -0.480 e. The zero-order chi connectivity index (χ0) is 22.4. The highest BCUT2D eigenvalue weighted by Crippen LogP contribution is 2.24. The van der Waals surface area contributed by atoms with Crippen LogP contribution in [0, 0.1) is 5.92 Å². The highest BCUT2D eigenvalue weighted by atomic mass is 32.2. The monoisotopic (exact) mass is 468 g/mol. The van der Waals surface area contributed by atoms with E-state index in [0.29, 0.717) is 31.5 Å². The quantitative estimate of drug-likeness (QED) is 0.611. The predicted molar refractivity (Wildman–Crippen MR) is 118 cm³/mol. The maximum absolute atomic E-state index is 13.2. The Hall–Kier alpha value is -2.07. The van der Waals surface area contributed by atoms with Gasteiger partial charge in [0.15, 0.2) is 9.84 Å². The number of amides is 2. The Balaban J connectivity index is 1.78. The fourth-order valence-corrected chi connectivity index (χ4v) is 6.68. The van der Waals surface area contributed by atoms with Crippen LogP contribution in [0.15, 0.2) is 30.3 Å². The summed E-state index contributed by atoms with van der Waals surface area (Å²) in [5.74, 6) is -2.08. The van der Waals surface area contributed by atoms with Gasteiger partial charge in [-0.15, -0.1) is 0 Å². The highest BCUT2D eigenvalue weighted by molar-refractivity contribution is 7.99. The van der Waals surface area contributed by atoms with Crippen LogP contribution in [0.2, 0.25) is 0 Å². The fourth-order valence-electron chi connectivity index (χ4n) is 4.09. The van der Waals surface area contributed by atoms with Gasteiger partial charge in [0.25, 0.3) is 0 Å². The molecule has 2 heterocycles. The fraction of sp³-hybridized carbons (Fsp3) is 0.571. The van der Waals surface area contributed by atoms with Crippen molar-refractivity contribution in [2.45, 2.75) is 31.1 Å². The number of sulfone groups is 1. The van der Waals surface area contributed by atoms with E-state index < -0.39 is 39.4 Å². The van der Waals surface area contributed by atoms with E-state index in [1.165, 1.54) is 4.90 Å². The Kier molecular flexibility index (Phi) is 7.99.